The summed E-state index contributed by atoms with van der Waals surface area (Å²) in [4.78, 5) is 33.9. The highest BCUT2D eigenvalue weighted by Gasteiger charge is 2.45. The fraction of sp³-hybridized carbons (Fsp3) is 0.429. The van der Waals surface area contributed by atoms with E-state index < -0.39 is 17.7 Å². The Morgan fingerprint density at radius 2 is 1.69 bits per heavy atom. The number of carbonyl (C=O) groups is 2. The van der Waals surface area contributed by atoms with Crippen molar-refractivity contribution in [1.29, 1.82) is 5.26 Å². The minimum absolute atomic E-state index is 0.125. The molecule has 2 aliphatic heterocycles. The number of carbonyl (C=O) groups excluding carboxylic acids is 2. The van der Waals surface area contributed by atoms with Crippen molar-refractivity contribution in [3.05, 3.63) is 60.2 Å². The molecule has 2 amide bonds. The van der Waals surface area contributed by atoms with Crippen LogP contribution in [0.5, 0.6) is 0 Å². The van der Waals surface area contributed by atoms with Crippen molar-refractivity contribution in [1.82, 2.24) is 30.0 Å². The van der Waals surface area contributed by atoms with E-state index in [1.807, 2.05) is 48.5 Å². The third-order valence-electron chi connectivity index (χ3n) is 6.94. The average molecular weight is 529 g/mol. The lowest BCUT2D eigenvalue weighted by Crippen LogP contribution is -2.55. The van der Waals surface area contributed by atoms with Crippen LogP contribution in [0.3, 0.4) is 0 Å². The molecule has 2 aromatic carbocycles. The van der Waals surface area contributed by atoms with Gasteiger partial charge in [0.25, 0.3) is 0 Å². The first-order chi connectivity index (χ1) is 18.7. The van der Waals surface area contributed by atoms with Gasteiger partial charge in [0.2, 0.25) is 11.7 Å². The second-order valence-corrected chi connectivity index (χ2v) is 10.8. The molecule has 0 aliphatic carbocycles. The maximum Gasteiger partial charge on any atom is 0.411 e. The van der Waals surface area contributed by atoms with Gasteiger partial charge in [-0.1, -0.05) is 42.5 Å². The molecule has 2 unspecified atom stereocenters. The number of nitrogens with zero attached hydrogens (tertiary/aromatic N) is 8. The first-order valence-corrected chi connectivity index (χ1v) is 13.1. The van der Waals surface area contributed by atoms with Gasteiger partial charge in [-0.05, 0) is 38.1 Å². The summed E-state index contributed by atoms with van der Waals surface area (Å²) < 4.78 is 5.66. The molecule has 0 bridgehead atoms. The van der Waals surface area contributed by atoms with Crippen molar-refractivity contribution >= 4 is 17.7 Å². The smallest absolute Gasteiger partial charge is 0.411 e. The van der Waals surface area contributed by atoms with Crippen LogP contribution in [0, 0.1) is 11.3 Å². The molecular weight excluding hydrogens is 496 g/mol. The van der Waals surface area contributed by atoms with Crippen molar-refractivity contribution < 1.29 is 14.3 Å². The highest BCUT2D eigenvalue weighted by Crippen LogP contribution is 2.31. The number of nitriles is 1. The third kappa shape index (κ3) is 5.70. The van der Waals surface area contributed by atoms with Gasteiger partial charge in [0.05, 0.1) is 17.3 Å². The van der Waals surface area contributed by atoms with E-state index in [-0.39, 0.29) is 18.5 Å². The Labute approximate surface area is 227 Å². The first-order valence-electron chi connectivity index (χ1n) is 13.1. The minimum atomic E-state index is -0.700. The van der Waals surface area contributed by atoms with E-state index in [1.165, 1.54) is 9.70 Å². The number of hydrogen-bond acceptors (Lipinski definition) is 8. The fourth-order valence-corrected chi connectivity index (χ4v) is 5.04. The zero-order chi connectivity index (χ0) is 27.6. The van der Waals surface area contributed by atoms with Crippen molar-refractivity contribution in [3.63, 3.8) is 0 Å². The monoisotopic (exact) mass is 528 g/mol. The van der Waals surface area contributed by atoms with Crippen LogP contribution in [-0.2, 0) is 9.53 Å². The van der Waals surface area contributed by atoms with Gasteiger partial charge in [-0.3, -0.25) is 9.69 Å². The molecule has 0 N–H and O–H groups in total. The van der Waals surface area contributed by atoms with E-state index in [0.29, 0.717) is 44.0 Å². The predicted molar refractivity (Wildman–Crippen MR) is 144 cm³/mol. The van der Waals surface area contributed by atoms with Crippen LogP contribution in [0.2, 0.25) is 0 Å². The van der Waals surface area contributed by atoms with E-state index in [1.54, 1.807) is 31.7 Å². The molecule has 5 rings (SSSR count). The summed E-state index contributed by atoms with van der Waals surface area (Å²) in [7, 11) is 0. The Hall–Kier alpha value is -4.46. The lowest BCUT2D eigenvalue weighted by Gasteiger charge is -2.38. The second kappa shape index (κ2) is 10.7. The van der Waals surface area contributed by atoms with Gasteiger partial charge in [0.15, 0.2) is 0 Å². The van der Waals surface area contributed by atoms with Gasteiger partial charge in [-0.25, -0.2) is 4.79 Å². The molecule has 2 atom stereocenters. The largest absolute Gasteiger partial charge is 0.444 e. The highest BCUT2D eigenvalue weighted by atomic mass is 16.6. The number of benzene rings is 2. The summed E-state index contributed by atoms with van der Waals surface area (Å²) in [6.45, 7) is 7.82. The molecule has 0 spiro atoms. The summed E-state index contributed by atoms with van der Waals surface area (Å²) in [5.41, 5.74) is 1.63. The second-order valence-electron chi connectivity index (χ2n) is 10.8. The van der Waals surface area contributed by atoms with Crippen LogP contribution in [0.25, 0.3) is 11.4 Å². The van der Waals surface area contributed by atoms with Gasteiger partial charge in [-0.2, -0.15) is 10.1 Å². The number of ether oxygens (including phenoxy) is 1. The first kappa shape index (κ1) is 26.2. The van der Waals surface area contributed by atoms with E-state index in [2.05, 4.69) is 26.4 Å². The zero-order valence-electron chi connectivity index (χ0n) is 22.4. The van der Waals surface area contributed by atoms with Gasteiger partial charge in [0, 0.05) is 44.7 Å². The number of piperazine rings is 1. The molecule has 1 aromatic heterocycles. The van der Waals surface area contributed by atoms with Crippen molar-refractivity contribution in [2.75, 3.05) is 37.6 Å². The van der Waals surface area contributed by atoms with Crippen LogP contribution < -0.4 is 4.90 Å². The molecule has 2 aliphatic rings. The Morgan fingerprint density at radius 3 is 2.38 bits per heavy atom. The summed E-state index contributed by atoms with van der Waals surface area (Å²) in [6.07, 6.45) is -0.173. The molecule has 202 valence electrons. The molecule has 11 heteroatoms. The van der Waals surface area contributed by atoms with Gasteiger partial charge < -0.3 is 14.5 Å². The summed E-state index contributed by atoms with van der Waals surface area (Å²) in [6, 6.07) is 18.2. The number of anilines is 1. The van der Waals surface area contributed by atoms with Gasteiger partial charge in [-0.15, -0.1) is 10.2 Å². The van der Waals surface area contributed by atoms with E-state index in [4.69, 9.17) is 4.74 Å². The lowest BCUT2D eigenvalue weighted by molar-refractivity contribution is -0.136. The van der Waals surface area contributed by atoms with Crippen LogP contribution >= 0.6 is 0 Å². The number of likely N-dealkylation sites (tertiary alicyclic amines) is 1. The molecule has 2 fully saturated rings. The molecule has 3 aromatic rings. The summed E-state index contributed by atoms with van der Waals surface area (Å²) >= 11 is 0. The number of amides is 2. The number of hydrogen-bond donors (Lipinski definition) is 0. The molecule has 11 nitrogen and oxygen atoms in total. The molecule has 39 heavy (non-hydrogen) atoms. The van der Waals surface area contributed by atoms with Crippen molar-refractivity contribution in [3.8, 4) is 17.5 Å². The molecule has 0 radical (unpaired) electrons. The molecule has 3 heterocycles. The van der Waals surface area contributed by atoms with Crippen LogP contribution in [0.15, 0.2) is 54.6 Å². The van der Waals surface area contributed by atoms with Crippen molar-refractivity contribution in [2.45, 2.75) is 44.9 Å². The Bertz CT molecular complexity index is 1370. The Balaban J connectivity index is 1.32. The quantitative estimate of drug-likeness (QED) is 0.507. The van der Waals surface area contributed by atoms with Crippen LogP contribution in [0.4, 0.5) is 10.5 Å². The van der Waals surface area contributed by atoms with E-state index in [0.717, 1.165) is 11.3 Å². The SMILES string of the molecule is CC(C)(C)OC(=O)N1CC(n2nnc(-c3ccccc3)n2)CC1C(=O)N1CCN(c2ccccc2C#N)CC1. The number of rotatable bonds is 4. The van der Waals surface area contributed by atoms with Gasteiger partial charge in [0.1, 0.15) is 17.7 Å². The van der Waals surface area contributed by atoms with Crippen molar-refractivity contribution in [2.24, 2.45) is 0 Å². The number of aromatic nitrogens is 4. The Kier molecular flexibility index (Phi) is 7.19. The number of tetrazole rings is 1. The normalized spacial score (nSPS) is 19.6. The lowest BCUT2D eigenvalue weighted by atomic mass is 10.1. The highest BCUT2D eigenvalue weighted by molar-refractivity contribution is 5.86. The average Bonchev–Trinajstić information content (AvgIpc) is 3.60. The van der Waals surface area contributed by atoms with Crippen LogP contribution in [-0.4, -0.2) is 86.4 Å². The molecule has 2 saturated heterocycles. The predicted octanol–water partition coefficient (Wildman–Crippen LogP) is 3.11. The third-order valence-corrected chi connectivity index (χ3v) is 6.94. The van der Waals surface area contributed by atoms with Gasteiger partial charge >= 0.3 is 6.09 Å². The van der Waals surface area contributed by atoms with Crippen LogP contribution in [0.1, 0.15) is 38.8 Å². The summed E-state index contributed by atoms with van der Waals surface area (Å²) in [5.74, 6) is 0.364. The zero-order valence-corrected chi connectivity index (χ0v) is 22.4. The molecule has 0 saturated carbocycles. The van der Waals surface area contributed by atoms with E-state index in [9.17, 15) is 14.9 Å². The summed E-state index contributed by atoms with van der Waals surface area (Å²) in [5, 5.41) is 22.5. The standard InChI is InChI=1S/C28H32N8O3/c1-28(2,3)39-27(38)35-19-22(36-31-25(30-32-36)20-9-5-4-6-10-20)17-24(35)26(37)34-15-13-33(14-16-34)23-12-8-7-11-21(23)18-29/h4-12,22,24H,13-17,19H2,1-3H3. The Morgan fingerprint density at radius 1 is 1.00 bits per heavy atom. The molecular formula is C28H32N8O3. The maximum atomic E-state index is 13.8. The topological polar surface area (TPSA) is 120 Å². The fourth-order valence-electron chi connectivity index (χ4n) is 5.04. The van der Waals surface area contributed by atoms with E-state index >= 15 is 0 Å². The number of para-hydroxylation sites is 1. The maximum absolute atomic E-state index is 13.8. The minimum Gasteiger partial charge on any atom is -0.444 e.